The Balaban J connectivity index is 2.67. The van der Waals surface area contributed by atoms with Gasteiger partial charge in [-0.2, -0.15) is 0 Å². The second-order valence-corrected chi connectivity index (χ2v) is 6.04. The lowest BCUT2D eigenvalue weighted by molar-refractivity contribution is 0.0977. The van der Waals surface area contributed by atoms with Gasteiger partial charge in [0.1, 0.15) is 21.5 Å². The van der Waals surface area contributed by atoms with E-state index in [1.807, 2.05) is 0 Å². The van der Waals surface area contributed by atoms with E-state index in [1.165, 1.54) is 0 Å². The number of ketones is 1. The van der Waals surface area contributed by atoms with Gasteiger partial charge in [-0.25, -0.2) is 17.2 Å². The molecule has 1 aromatic carbocycles. The molecule has 1 rings (SSSR count). The van der Waals surface area contributed by atoms with Crippen LogP contribution < -0.4 is 0 Å². The second kappa shape index (κ2) is 5.35. The molecule has 94 valence electrons. The van der Waals surface area contributed by atoms with E-state index < -0.39 is 27.3 Å². The first kappa shape index (κ1) is 13.8. The van der Waals surface area contributed by atoms with Gasteiger partial charge >= 0.3 is 0 Å². The van der Waals surface area contributed by atoms with Crippen molar-refractivity contribution < 1.29 is 22.0 Å². The highest BCUT2D eigenvalue weighted by Crippen LogP contribution is 2.13. The van der Waals surface area contributed by atoms with Crippen LogP contribution in [0.25, 0.3) is 0 Å². The van der Waals surface area contributed by atoms with E-state index in [4.69, 9.17) is 0 Å². The third-order valence-electron chi connectivity index (χ3n) is 2.15. The molecule has 0 N–H and O–H groups in total. The van der Waals surface area contributed by atoms with Gasteiger partial charge in [-0.15, -0.1) is 0 Å². The average molecular weight is 262 g/mol. The molecule has 0 heterocycles. The van der Waals surface area contributed by atoms with Crippen LogP contribution in [0.2, 0.25) is 0 Å². The number of carbonyl (C=O) groups excluding carboxylic acids is 1. The minimum absolute atomic E-state index is 0.105. The first-order valence-corrected chi connectivity index (χ1v) is 7.01. The zero-order valence-electron chi connectivity index (χ0n) is 9.24. The quantitative estimate of drug-likeness (QED) is 0.762. The van der Waals surface area contributed by atoms with Crippen LogP contribution in [0.4, 0.5) is 8.78 Å². The molecule has 0 aromatic heterocycles. The lowest BCUT2D eigenvalue weighted by Crippen LogP contribution is -2.08. The molecule has 0 unspecified atom stereocenters. The largest absolute Gasteiger partial charge is 0.294 e. The van der Waals surface area contributed by atoms with Crippen molar-refractivity contribution in [1.29, 1.82) is 0 Å². The van der Waals surface area contributed by atoms with Crippen LogP contribution in [0.15, 0.2) is 18.2 Å². The van der Waals surface area contributed by atoms with Crippen molar-refractivity contribution in [3.05, 3.63) is 35.4 Å². The van der Waals surface area contributed by atoms with Crippen LogP contribution in [0.3, 0.4) is 0 Å². The van der Waals surface area contributed by atoms with Crippen LogP contribution in [0, 0.1) is 11.6 Å². The summed E-state index contributed by atoms with van der Waals surface area (Å²) >= 11 is 0. The molecule has 0 spiro atoms. The smallest absolute Gasteiger partial charge is 0.165 e. The van der Waals surface area contributed by atoms with Gasteiger partial charge in [0.25, 0.3) is 0 Å². The number of sulfone groups is 1. The van der Waals surface area contributed by atoms with Gasteiger partial charge in [-0.05, 0) is 24.6 Å². The SMILES string of the molecule is CS(=O)(=O)CCCC(=O)c1cc(F)ccc1F. The number of Topliss-reactive ketones (excluding diaryl/α,β-unsaturated/α-hetero) is 1. The summed E-state index contributed by atoms with van der Waals surface area (Å²) in [7, 11) is -3.14. The summed E-state index contributed by atoms with van der Waals surface area (Å²) in [5, 5.41) is 0. The van der Waals surface area contributed by atoms with E-state index in [9.17, 15) is 22.0 Å². The molecule has 1 aromatic rings. The lowest BCUT2D eigenvalue weighted by atomic mass is 10.1. The summed E-state index contributed by atoms with van der Waals surface area (Å²) in [6.45, 7) is 0. The van der Waals surface area contributed by atoms with Crippen LogP contribution in [-0.4, -0.2) is 26.2 Å². The molecule has 0 aliphatic carbocycles. The van der Waals surface area contributed by atoms with Gasteiger partial charge in [0.05, 0.1) is 11.3 Å². The molecule has 0 saturated heterocycles. The molecule has 0 bridgehead atoms. The molecule has 0 radical (unpaired) electrons. The fraction of sp³-hybridized carbons (Fsp3) is 0.364. The molecule has 0 saturated carbocycles. The highest BCUT2D eigenvalue weighted by Gasteiger charge is 2.13. The van der Waals surface area contributed by atoms with Crippen LogP contribution >= 0.6 is 0 Å². The number of benzene rings is 1. The van der Waals surface area contributed by atoms with Gasteiger partial charge in [0.15, 0.2) is 5.78 Å². The van der Waals surface area contributed by atoms with Crippen LogP contribution in [0.1, 0.15) is 23.2 Å². The Morgan fingerprint density at radius 3 is 2.53 bits per heavy atom. The summed E-state index contributed by atoms with van der Waals surface area (Å²) in [6, 6.07) is 2.61. The van der Waals surface area contributed by atoms with Crippen molar-refractivity contribution >= 4 is 15.6 Å². The molecule has 0 atom stereocenters. The molecular weight excluding hydrogens is 250 g/mol. The average Bonchev–Trinajstić information content (AvgIpc) is 2.19. The van der Waals surface area contributed by atoms with Crippen molar-refractivity contribution in [2.45, 2.75) is 12.8 Å². The molecule has 6 heteroatoms. The van der Waals surface area contributed by atoms with Crippen LogP contribution in [0.5, 0.6) is 0 Å². The van der Waals surface area contributed by atoms with E-state index in [-0.39, 0.29) is 24.2 Å². The fourth-order valence-electron chi connectivity index (χ4n) is 1.34. The Morgan fingerprint density at radius 2 is 1.94 bits per heavy atom. The second-order valence-electron chi connectivity index (χ2n) is 3.78. The Labute approximate surface area is 98.4 Å². The maximum absolute atomic E-state index is 13.2. The zero-order valence-corrected chi connectivity index (χ0v) is 10.1. The first-order chi connectivity index (χ1) is 7.79. The molecule has 0 fully saturated rings. The number of carbonyl (C=O) groups is 1. The fourth-order valence-corrected chi connectivity index (χ4v) is 2.01. The summed E-state index contributed by atoms with van der Waals surface area (Å²) in [4.78, 5) is 11.5. The summed E-state index contributed by atoms with van der Waals surface area (Å²) in [5.74, 6) is -2.23. The molecule has 0 aliphatic heterocycles. The van der Waals surface area contributed by atoms with Crippen molar-refractivity contribution in [2.24, 2.45) is 0 Å². The predicted octanol–water partition coefficient (Wildman–Crippen LogP) is 1.97. The van der Waals surface area contributed by atoms with E-state index in [0.29, 0.717) is 0 Å². The maximum Gasteiger partial charge on any atom is 0.165 e. The highest BCUT2D eigenvalue weighted by atomic mass is 32.2. The third kappa shape index (κ3) is 4.60. The molecule has 17 heavy (non-hydrogen) atoms. The Morgan fingerprint density at radius 1 is 1.29 bits per heavy atom. The number of hydrogen-bond donors (Lipinski definition) is 0. The van der Waals surface area contributed by atoms with Gasteiger partial charge in [-0.3, -0.25) is 4.79 Å². The minimum atomic E-state index is -3.14. The third-order valence-corrected chi connectivity index (χ3v) is 3.18. The van der Waals surface area contributed by atoms with E-state index in [1.54, 1.807) is 0 Å². The topological polar surface area (TPSA) is 51.2 Å². The van der Waals surface area contributed by atoms with Gasteiger partial charge < -0.3 is 0 Å². The van der Waals surface area contributed by atoms with Gasteiger partial charge in [0, 0.05) is 12.7 Å². The summed E-state index contributed by atoms with van der Waals surface area (Å²) < 4.78 is 47.6. The van der Waals surface area contributed by atoms with Crippen LogP contribution in [-0.2, 0) is 9.84 Å². The van der Waals surface area contributed by atoms with E-state index in [0.717, 1.165) is 24.5 Å². The highest BCUT2D eigenvalue weighted by molar-refractivity contribution is 7.90. The predicted molar refractivity (Wildman–Crippen MR) is 59.6 cm³/mol. The molecule has 3 nitrogen and oxygen atoms in total. The van der Waals surface area contributed by atoms with Gasteiger partial charge in [0.2, 0.25) is 0 Å². The Kier molecular flexibility index (Phi) is 4.34. The number of rotatable bonds is 5. The first-order valence-electron chi connectivity index (χ1n) is 4.95. The molecule has 0 aliphatic rings. The maximum atomic E-state index is 13.2. The zero-order chi connectivity index (χ0) is 13.1. The molecular formula is C11H12F2O3S. The monoisotopic (exact) mass is 262 g/mol. The van der Waals surface area contributed by atoms with Crippen molar-refractivity contribution in [3.63, 3.8) is 0 Å². The van der Waals surface area contributed by atoms with Crippen molar-refractivity contribution in [3.8, 4) is 0 Å². The lowest BCUT2D eigenvalue weighted by Gasteiger charge is -2.02. The summed E-state index contributed by atoms with van der Waals surface area (Å²) in [6.07, 6.45) is 1.04. The minimum Gasteiger partial charge on any atom is -0.294 e. The Hall–Kier alpha value is -1.30. The normalized spacial score (nSPS) is 11.5. The number of hydrogen-bond acceptors (Lipinski definition) is 3. The van der Waals surface area contributed by atoms with Crippen molar-refractivity contribution in [1.82, 2.24) is 0 Å². The summed E-state index contributed by atoms with van der Waals surface area (Å²) in [5.41, 5.74) is -0.335. The van der Waals surface area contributed by atoms with Crippen molar-refractivity contribution in [2.75, 3.05) is 12.0 Å². The van der Waals surface area contributed by atoms with Gasteiger partial charge in [-0.1, -0.05) is 0 Å². The van der Waals surface area contributed by atoms with E-state index >= 15 is 0 Å². The number of halogens is 2. The molecule has 0 amide bonds. The Bertz CT molecular complexity index is 524. The standard InChI is InChI=1S/C11H12F2O3S/c1-17(15,16)6-2-3-11(14)9-7-8(12)4-5-10(9)13/h4-5,7H,2-3,6H2,1H3. The van der Waals surface area contributed by atoms with E-state index in [2.05, 4.69) is 0 Å².